The van der Waals surface area contributed by atoms with E-state index in [1.54, 1.807) is 6.92 Å². The Labute approximate surface area is 121 Å². The normalized spacial score (nSPS) is 17.5. The SMILES string of the molecule is CCOCC(CC(=O)OC1CCCCC1)C(=O)OCC. The quantitative estimate of drug-likeness (QED) is 0.641. The van der Waals surface area contributed by atoms with E-state index in [1.807, 2.05) is 6.92 Å². The van der Waals surface area contributed by atoms with E-state index in [1.165, 1.54) is 6.42 Å². The van der Waals surface area contributed by atoms with E-state index >= 15 is 0 Å². The summed E-state index contributed by atoms with van der Waals surface area (Å²) in [6.07, 6.45) is 5.35. The summed E-state index contributed by atoms with van der Waals surface area (Å²) in [5.41, 5.74) is 0. The molecular weight excluding hydrogens is 260 g/mol. The zero-order valence-corrected chi connectivity index (χ0v) is 12.6. The second kappa shape index (κ2) is 9.75. The highest BCUT2D eigenvalue weighted by molar-refractivity contribution is 5.80. The van der Waals surface area contributed by atoms with Gasteiger partial charge >= 0.3 is 11.9 Å². The Morgan fingerprint density at radius 3 is 2.40 bits per heavy atom. The lowest BCUT2D eigenvalue weighted by Crippen LogP contribution is -2.28. The van der Waals surface area contributed by atoms with Gasteiger partial charge in [0.05, 0.1) is 25.6 Å². The van der Waals surface area contributed by atoms with Crippen molar-refractivity contribution in [2.24, 2.45) is 5.92 Å². The van der Waals surface area contributed by atoms with Crippen LogP contribution in [0.1, 0.15) is 52.4 Å². The number of hydrogen-bond acceptors (Lipinski definition) is 5. The van der Waals surface area contributed by atoms with Crippen molar-refractivity contribution in [1.82, 2.24) is 0 Å². The molecule has 1 unspecified atom stereocenters. The van der Waals surface area contributed by atoms with E-state index < -0.39 is 5.92 Å². The summed E-state index contributed by atoms with van der Waals surface area (Å²) in [5, 5.41) is 0. The largest absolute Gasteiger partial charge is 0.466 e. The number of carbonyl (C=O) groups is 2. The molecule has 0 saturated heterocycles. The van der Waals surface area contributed by atoms with Gasteiger partial charge < -0.3 is 14.2 Å². The lowest BCUT2D eigenvalue weighted by atomic mass is 9.97. The van der Waals surface area contributed by atoms with Crippen LogP contribution in [0, 0.1) is 5.92 Å². The van der Waals surface area contributed by atoms with Crippen LogP contribution in [-0.4, -0.2) is 37.9 Å². The van der Waals surface area contributed by atoms with Crippen molar-refractivity contribution in [2.45, 2.75) is 58.5 Å². The molecule has 1 fully saturated rings. The van der Waals surface area contributed by atoms with E-state index in [2.05, 4.69) is 0 Å². The van der Waals surface area contributed by atoms with Gasteiger partial charge in [-0.15, -0.1) is 0 Å². The van der Waals surface area contributed by atoms with Crippen molar-refractivity contribution in [2.75, 3.05) is 19.8 Å². The highest BCUT2D eigenvalue weighted by Crippen LogP contribution is 2.21. The average molecular weight is 286 g/mol. The molecule has 1 atom stereocenters. The number of esters is 2. The molecule has 1 rings (SSSR count). The highest BCUT2D eigenvalue weighted by atomic mass is 16.5. The summed E-state index contributed by atoms with van der Waals surface area (Å²) in [7, 11) is 0. The fourth-order valence-electron chi connectivity index (χ4n) is 2.35. The molecule has 0 aromatic heterocycles. The van der Waals surface area contributed by atoms with Crippen molar-refractivity contribution < 1.29 is 23.8 Å². The fourth-order valence-corrected chi connectivity index (χ4v) is 2.35. The number of hydrogen-bond donors (Lipinski definition) is 0. The predicted octanol–water partition coefficient (Wildman–Crippen LogP) is 2.47. The first-order valence-electron chi connectivity index (χ1n) is 7.61. The van der Waals surface area contributed by atoms with Crippen LogP contribution in [0.5, 0.6) is 0 Å². The Morgan fingerprint density at radius 1 is 1.10 bits per heavy atom. The van der Waals surface area contributed by atoms with E-state index in [4.69, 9.17) is 14.2 Å². The van der Waals surface area contributed by atoms with Gasteiger partial charge in [-0.1, -0.05) is 6.42 Å². The molecule has 5 heteroatoms. The Morgan fingerprint density at radius 2 is 1.80 bits per heavy atom. The molecule has 0 spiro atoms. The first-order valence-corrected chi connectivity index (χ1v) is 7.61. The highest BCUT2D eigenvalue weighted by Gasteiger charge is 2.26. The molecule has 5 nitrogen and oxygen atoms in total. The second-order valence-electron chi connectivity index (χ2n) is 5.06. The van der Waals surface area contributed by atoms with E-state index in [0.29, 0.717) is 13.2 Å². The topological polar surface area (TPSA) is 61.8 Å². The van der Waals surface area contributed by atoms with Gasteiger partial charge in [0.2, 0.25) is 0 Å². The lowest BCUT2D eigenvalue weighted by molar-refractivity contribution is -0.160. The van der Waals surface area contributed by atoms with Gasteiger partial charge in [0, 0.05) is 6.61 Å². The minimum atomic E-state index is -0.564. The van der Waals surface area contributed by atoms with Crippen LogP contribution in [0.3, 0.4) is 0 Å². The molecule has 116 valence electrons. The van der Waals surface area contributed by atoms with E-state index in [0.717, 1.165) is 25.7 Å². The fraction of sp³-hybridized carbons (Fsp3) is 0.867. The van der Waals surface area contributed by atoms with Gasteiger partial charge in [0.25, 0.3) is 0 Å². The Hall–Kier alpha value is -1.10. The van der Waals surface area contributed by atoms with Gasteiger partial charge in [-0.3, -0.25) is 9.59 Å². The Bertz CT molecular complexity index is 297. The molecule has 1 saturated carbocycles. The zero-order valence-electron chi connectivity index (χ0n) is 12.6. The third-order valence-corrected chi connectivity index (χ3v) is 3.41. The molecule has 0 bridgehead atoms. The van der Waals surface area contributed by atoms with Crippen LogP contribution >= 0.6 is 0 Å². The number of rotatable bonds is 8. The molecule has 0 radical (unpaired) electrons. The number of ether oxygens (including phenoxy) is 3. The van der Waals surface area contributed by atoms with Gasteiger partial charge in [-0.05, 0) is 39.5 Å². The monoisotopic (exact) mass is 286 g/mol. The summed E-state index contributed by atoms with van der Waals surface area (Å²) >= 11 is 0. The molecule has 0 heterocycles. The minimum absolute atomic E-state index is 0.0196. The van der Waals surface area contributed by atoms with Crippen molar-refractivity contribution in [3.63, 3.8) is 0 Å². The van der Waals surface area contributed by atoms with Crippen LogP contribution in [0.25, 0.3) is 0 Å². The summed E-state index contributed by atoms with van der Waals surface area (Å²) < 4.78 is 15.6. The van der Waals surface area contributed by atoms with Crippen LogP contribution in [-0.2, 0) is 23.8 Å². The standard InChI is InChI=1S/C15H26O5/c1-3-18-11-12(15(17)19-4-2)10-14(16)20-13-8-6-5-7-9-13/h12-13H,3-11H2,1-2H3. The molecule has 1 aliphatic carbocycles. The van der Waals surface area contributed by atoms with E-state index in [-0.39, 0.29) is 31.1 Å². The average Bonchev–Trinajstić information content (AvgIpc) is 2.44. The molecule has 1 aliphatic rings. The summed E-state index contributed by atoms with van der Waals surface area (Å²) in [6, 6.07) is 0. The molecule has 0 aliphatic heterocycles. The maximum absolute atomic E-state index is 11.9. The van der Waals surface area contributed by atoms with Crippen LogP contribution in [0.4, 0.5) is 0 Å². The van der Waals surface area contributed by atoms with E-state index in [9.17, 15) is 9.59 Å². The molecular formula is C15H26O5. The van der Waals surface area contributed by atoms with Gasteiger partial charge in [-0.25, -0.2) is 0 Å². The van der Waals surface area contributed by atoms with Crippen molar-refractivity contribution in [3.05, 3.63) is 0 Å². The van der Waals surface area contributed by atoms with Crippen LogP contribution < -0.4 is 0 Å². The van der Waals surface area contributed by atoms with Gasteiger partial charge in [0.15, 0.2) is 0 Å². The summed E-state index contributed by atoms with van der Waals surface area (Å²) in [4.78, 5) is 23.7. The molecule has 0 N–H and O–H groups in total. The molecule has 0 amide bonds. The maximum Gasteiger partial charge on any atom is 0.311 e. The Kier molecular flexibility index (Phi) is 8.26. The second-order valence-corrected chi connectivity index (χ2v) is 5.06. The Balaban J connectivity index is 2.41. The maximum atomic E-state index is 11.9. The third-order valence-electron chi connectivity index (χ3n) is 3.41. The first kappa shape index (κ1) is 17.0. The lowest BCUT2D eigenvalue weighted by Gasteiger charge is -2.23. The van der Waals surface area contributed by atoms with Crippen molar-refractivity contribution in [3.8, 4) is 0 Å². The third kappa shape index (κ3) is 6.37. The smallest absolute Gasteiger partial charge is 0.311 e. The predicted molar refractivity (Wildman–Crippen MR) is 74.2 cm³/mol. The van der Waals surface area contributed by atoms with Crippen LogP contribution in [0.15, 0.2) is 0 Å². The molecule has 0 aromatic carbocycles. The molecule has 20 heavy (non-hydrogen) atoms. The zero-order chi connectivity index (χ0) is 14.8. The van der Waals surface area contributed by atoms with Crippen molar-refractivity contribution >= 4 is 11.9 Å². The van der Waals surface area contributed by atoms with Crippen molar-refractivity contribution in [1.29, 1.82) is 0 Å². The van der Waals surface area contributed by atoms with Gasteiger partial charge in [-0.2, -0.15) is 0 Å². The number of carbonyl (C=O) groups excluding carboxylic acids is 2. The summed E-state index contributed by atoms with van der Waals surface area (Å²) in [5.74, 6) is -1.28. The minimum Gasteiger partial charge on any atom is -0.466 e. The molecule has 0 aromatic rings. The van der Waals surface area contributed by atoms with Crippen LogP contribution in [0.2, 0.25) is 0 Å². The summed E-state index contributed by atoms with van der Waals surface area (Å²) in [6.45, 7) is 4.61. The van der Waals surface area contributed by atoms with Gasteiger partial charge in [0.1, 0.15) is 6.10 Å². The first-order chi connectivity index (χ1) is 9.67.